The van der Waals surface area contributed by atoms with Crippen LogP contribution in [0.15, 0.2) is 48.5 Å². The van der Waals surface area contributed by atoms with Gasteiger partial charge in [-0.2, -0.15) is 4.80 Å². The summed E-state index contributed by atoms with van der Waals surface area (Å²) in [6, 6.07) is 17.5. The van der Waals surface area contributed by atoms with E-state index in [2.05, 4.69) is 96.7 Å². The van der Waals surface area contributed by atoms with Gasteiger partial charge in [-0.1, -0.05) is 48.5 Å². The molecule has 25 heavy (non-hydrogen) atoms. The van der Waals surface area contributed by atoms with Crippen molar-refractivity contribution in [1.29, 1.82) is 0 Å². The molecule has 1 heterocycles. The zero-order chi connectivity index (χ0) is 17.6. The molecule has 1 aliphatic rings. The minimum atomic E-state index is -0.156. The van der Waals surface area contributed by atoms with E-state index in [9.17, 15) is 0 Å². The van der Waals surface area contributed by atoms with Crippen LogP contribution in [0.5, 0.6) is 0 Å². The summed E-state index contributed by atoms with van der Waals surface area (Å²) in [5.74, 6) is 0.749. The largest absolute Gasteiger partial charge is 0.288 e. The van der Waals surface area contributed by atoms with Crippen LogP contribution in [0.2, 0.25) is 0 Å². The molecule has 0 unspecified atom stereocenters. The van der Waals surface area contributed by atoms with Crippen LogP contribution >= 0.6 is 0 Å². The van der Waals surface area contributed by atoms with Crippen molar-refractivity contribution in [2.75, 3.05) is 7.05 Å². The Labute approximate surface area is 148 Å². The van der Waals surface area contributed by atoms with Gasteiger partial charge in [0.05, 0.1) is 18.1 Å². The molecular formula is C20H23N5. The van der Waals surface area contributed by atoms with Gasteiger partial charge in [0.15, 0.2) is 5.82 Å². The van der Waals surface area contributed by atoms with Gasteiger partial charge in [0.25, 0.3) is 0 Å². The van der Waals surface area contributed by atoms with Crippen molar-refractivity contribution in [3.05, 3.63) is 65.5 Å². The summed E-state index contributed by atoms with van der Waals surface area (Å²) < 4.78 is 0. The fraction of sp³-hybridized carbons (Fsp3) is 0.350. The van der Waals surface area contributed by atoms with Gasteiger partial charge in [-0.25, -0.2) is 0 Å². The lowest BCUT2D eigenvalue weighted by molar-refractivity contribution is 0.263. The van der Waals surface area contributed by atoms with Crippen molar-refractivity contribution in [3.63, 3.8) is 0 Å². The first-order chi connectivity index (χ1) is 11.9. The van der Waals surface area contributed by atoms with Crippen LogP contribution in [0.1, 0.15) is 43.8 Å². The highest BCUT2D eigenvalue weighted by molar-refractivity contribution is 5.78. The molecule has 128 valence electrons. The third-order valence-electron chi connectivity index (χ3n) is 4.69. The molecule has 1 aromatic heterocycles. The summed E-state index contributed by atoms with van der Waals surface area (Å²) in [5.41, 5.74) is 5.17. The molecular weight excluding hydrogens is 310 g/mol. The number of rotatable bonds is 3. The van der Waals surface area contributed by atoms with E-state index in [0.717, 1.165) is 5.82 Å². The van der Waals surface area contributed by atoms with Crippen LogP contribution in [-0.4, -0.2) is 32.2 Å². The zero-order valence-corrected chi connectivity index (χ0v) is 15.1. The van der Waals surface area contributed by atoms with Crippen LogP contribution in [0.4, 0.5) is 0 Å². The maximum atomic E-state index is 4.56. The molecule has 0 radical (unpaired) electrons. The van der Waals surface area contributed by atoms with E-state index in [1.165, 1.54) is 22.3 Å². The predicted octanol–water partition coefficient (Wildman–Crippen LogP) is 3.63. The normalized spacial score (nSPS) is 14.0. The van der Waals surface area contributed by atoms with E-state index >= 15 is 0 Å². The molecule has 2 aromatic carbocycles. The number of nitrogens with zero attached hydrogens (tertiary/aromatic N) is 5. The van der Waals surface area contributed by atoms with E-state index in [0.29, 0.717) is 6.54 Å². The van der Waals surface area contributed by atoms with Crippen LogP contribution < -0.4 is 0 Å². The summed E-state index contributed by atoms with van der Waals surface area (Å²) in [4.78, 5) is 3.99. The van der Waals surface area contributed by atoms with E-state index in [4.69, 9.17) is 0 Å². The fourth-order valence-corrected chi connectivity index (χ4v) is 3.51. The molecule has 0 fully saturated rings. The standard InChI is InChI=1S/C20H23N5/c1-20(2,3)25-22-18(21-23-25)13-24(4)19-16-11-7-5-9-14(16)15-10-6-8-12-17(15)19/h5-12,19H,13H2,1-4H3. The van der Waals surface area contributed by atoms with Gasteiger partial charge < -0.3 is 0 Å². The Morgan fingerprint density at radius 1 is 0.960 bits per heavy atom. The van der Waals surface area contributed by atoms with Crippen LogP contribution in [0.3, 0.4) is 0 Å². The first kappa shape index (κ1) is 16.0. The Bertz CT molecular complexity index is 861. The molecule has 4 rings (SSSR count). The topological polar surface area (TPSA) is 46.8 Å². The maximum absolute atomic E-state index is 4.56. The SMILES string of the molecule is CN(Cc1nnn(C(C)(C)C)n1)C1c2ccccc2-c2ccccc21. The minimum Gasteiger partial charge on any atom is -0.288 e. The molecule has 3 aromatic rings. The molecule has 0 amide bonds. The first-order valence-electron chi connectivity index (χ1n) is 8.63. The monoisotopic (exact) mass is 333 g/mol. The second kappa shape index (κ2) is 5.77. The van der Waals surface area contributed by atoms with Gasteiger partial charge >= 0.3 is 0 Å². The first-order valence-corrected chi connectivity index (χ1v) is 8.63. The lowest BCUT2D eigenvalue weighted by atomic mass is 10.0. The molecule has 0 atom stereocenters. The molecule has 0 N–H and O–H groups in total. The average Bonchev–Trinajstić information content (AvgIpc) is 3.17. The van der Waals surface area contributed by atoms with E-state index in [-0.39, 0.29) is 11.6 Å². The molecule has 1 aliphatic carbocycles. The Hall–Kier alpha value is -2.53. The lowest BCUT2D eigenvalue weighted by Crippen LogP contribution is -2.26. The van der Waals surface area contributed by atoms with Crippen LogP contribution in [0.25, 0.3) is 11.1 Å². The predicted molar refractivity (Wildman–Crippen MR) is 98.0 cm³/mol. The summed E-state index contributed by atoms with van der Waals surface area (Å²) in [7, 11) is 2.13. The number of hydrogen-bond donors (Lipinski definition) is 0. The van der Waals surface area contributed by atoms with Crippen molar-refractivity contribution in [1.82, 2.24) is 25.1 Å². The summed E-state index contributed by atoms with van der Waals surface area (Å²) in [6.07, 6.45) is 0. The van der Waals surface area contributed by atoms with Gasteiger partial charge in [0, 0.05) is 0 Å². The van der Waals surface area contributed by atoms with Gasteiger partial charge in [-0.15, -0.1) is 10.2 Å². The fourth-order valence-electron chi connectivity index (χ4n) is 3.51. The van der Waals surface area contributed by atoms with Crippen molar-refractivity contribution in [2.24, 2.45) is 0 Å². The van der Waals surface area contributed by atoms with Crippen LogP contribution in [-0.2, 0) is 12.1 Å². The third kappa shape index (κ3) is 2.74. The molecule has 5 heteroatoms. The Kier molecular flexibility index (Phi) is 3.69. The van der Waals surface area contributed by atoms with Gasteiger partial charge in [0.1, 0.15) is 0 Å². The average molecular weight is 333 g/mol. The van der Waals surface area contributed by atoms with E-state index in [1.807, 2.05) is 0 Å². The number of tetrazole rings is 1. The Balaban J connectivity index is 1.66. The summed E-state index contributed by atoms with van der Waals surface area (Å²) in [5, 5.41) is 13.0. The minimum absolute atomic E-state index is 0.156. The molecule has 0 aliphatic heterocycles. The van der Waals surface area contributed by atoms with Gasteiger partial charge in [-0.05, 0) is 55.3 Å². The summed E-state index contributed by atoms with van der Waals surface area (Å²) in [6.45, 7) is 6.88. The Morgan fingerprint density at radius 2 is 1.52 bits per heavy atom. The second-order valence-electron chi connectivity index (χ2n) is 7.66. The van der Waals surface area contributed by atoms with Crippen molar-refractivity contribution in [2.45, 2.75) is 38.9 Å². The number of hydrogen-bond acceptors (Lipinski definition) is 4. The van der Waals surface area contributed by atoms with Gasteiger partial charge in [0.2, 0.25) is 0 Å². The molecule has 5 nitrogen and oxygen atoms in total. The molecule has 0 saturated heterocycles. The quantitative estimate of drug-likeness (QED) is 0.734. The smallest absolute Gasteiger partial charge is 0.188 e. The van der Waals surface area contributed by atoms with Gasteiger partial charge in [-0.3, -0.25) is 4.90 Å². The molecule has 0 spiro atoms. The number of benzene rings is 2. The van der Waals surface area contributed by atoms with Crippen LogP contribution in [0, 0.1) is 0 Å². The summed E-state index contributed by atoms with van der Waals surface area (Å²) >= 11 is 0. The zero-order valence-electron chi connectivity index (χ0n) is 15.1. The van der Waals surface area contributed by atoms with Crippen molar-refractivity contribution in [3.8, 4) is 11.1 Å². The third-order valence-corrected chi connectivity index (χ3v) is 4.69. The van der Waals surface area contributed by atoms with Crippen molar-refractivity contribution < 1.29 is 0 Å². The van der Waals surface area contributed by atoms with Crippen molar-refractivity contribution >= 4 is 0 Å². The lowest BCUT2D eigenvalue weighted by Gasteiger charge is -2.25. The number of fused-ring (bicyclic) bond motifs is 3. The Morgan fingerprint density at radius 3 is 2.04 bits per heavy atom. The number of aromatic nitrogens is 4. The molecule has 0 saturated carbocycles. The second-order valence-corrected chi connectivity index (χ2v) is 7.66. The maximum Gasteiger partial charge on any atom is 0.188 e. The van der Waals surface area contributed by atoms with E-state index in [1.54, 1.807) is 4.80 Å². The highest BCUT2D eigenvalue weighted by Gasteiger charge is 2.31. The van der Waals surface area contributed by atoms with E-state index < -0.39 is 0 Å². The molecule has 0 bridgehead atoms. The highest BCUT2D eigenvalue weighted by atomic mass is 15.6. The highest BCUT2D eigenvalue weighted by Crippen LogP contribution is 2.45.